The summed E-state index contributed by atoms with van der Waals surface area (Å²) in [6, 6.07) is 0. The first-order valence-electron chi connectivity index (χ1n) is 18.5. The number of hydrogen-bond acceptors (Lipinski definition) is 12. The summed E-state index contributed by atoms with van der Waals surface area (Å²) in [7, 11) is -2.51. The molecule has 11 nitrogen and oxygen atoms in total. The van der Waals surface area contributed by atoms with Gasteiger partial charge >= 0.3 is 51.4 Å². The summed E-state index contributed by atoms with van der Waals surface area (Å²) in [4.78, 5) is 0. The summed E-state index contributed by atoms with van der Waals surface area (Å²) in [6.45, 7) is 0. The van der Waals surface area contributed by atoms with Crippen LogP contribution in [0.1, 0.15) is 97.7 Å². The van der Waals surface area contributed by atoms with Gasteiger partial charge in [0.25, 0.3) is 0 Å². The van der Waals surface area contributed by atoms with Gasteiger partial charge in [0.2, 0.25) is 0 Å². The van der Waals surface area contributed by atoms with Crippen molar-refractivity contribution in [3.05, 3.63) is 0 Å². The Balaban J connectivity index is 0.00000129. The maximum absolute atomic E-state index is 11.8. The van der Waals surface area contributed by atoms with E-state index >= 15 is 0 Å². The zero-order chi connectivity index (χ0) is 29.4. The predicted octanol–water partition coefficient (Wildman–Crippen LogP) is -1.06. The van der Waals surface area contributed by atoms with Crippen LogP contribution in [0, 0.1) is 47.3 Å². The largest absolute Gasteiger partial charge is 1.00 e. The molecule has 8 bridgehead atoms. The molecule has 5 aliphatic heterocycles. The van der Waals surface area contributed by atoms with E-state index in [0.717, 1.165) is 19.3 Å². The summed E-state index contributed by atoms with van der Waals surface area (Å²) in [5.41, 5.74) is 0. The summed E-state index contributed by atoms with van der Waals surface area (Å²) < 4.78 is 29.3. The number of rotatable bonds is 2. The van der Waals surface area contributed by atoms with Gasteiger partial charge in [0.05, 0.1) is 60.3 Å². The van der Waals surface area contributed by atoms with E-state index in [0.29, 0.717) is 59.9 Å². The Kier molecular flexibility index (Phi) is 12.1. The van der Waals surface area contributed by atoms with Crippen LogP contribution in [-0.2, 0) is 40.4 Å². The Hall–Kier alpha value is 1.73. The van der Waals surface area contributed by atoms with Crippen LogP contribution in [0.4, 0.5) is 0 Å². The number of fused-ring (bicyclic) bond motifs is 20. The molecule has 0 aromatic heterocycles. The van der Waals surface area contributed by atoms with Crippen molar-refractivity contribution in [2.24, 2.45) is 47.3 Å². The van der Waals surface area contributed by atoms with E-state index in [4.69, 9.17) is 4.18 Å². The van der Waals surface area contributed by atoms with Crippen molar-refractivity contribution in [3.63, 3.8) is 0 Å². The SMILES string of the molecule is O=[S-](=O)OC1CCCC2C3NC4NC(NC5NC(NC6NC(NC(N3)C12)C1CCCCC61)C1CCCCC51)C1CCCCC41.[Co].[H-].[K+]. The van der Waals surface area contributed by atoms with Crippen LogP contribution in [0.3, 0.4) is 0 Å². The van der Waals surface area contributed by atoms with Gasteiger partial charge in [-0.25, -0.2) is 0 Å². The molecule has 4 aliphatic carbocycles. The van der Waals surface area contributed by atoms with E-state index in [1.165, 1.54) is 77.0 Å². The summed E-state index contributed by atoms with van der Waals surface area (Å²) in [6.07, 6.45) is 20.0. The third-order valence-electron chi connectivity index (χ3n) is 14.0. The van der Waals surface area contributed by atoms with E-state index < -0.39 is 11.0 Å². The maximum Gasteiger partial charge on any atom is 1.00 e. The smallest absolute Gasteiger partial charge is 1.00 e. The molecule has 46 heavy (non-hydrogen) atoms. The molecule has 5 saturated heterocycles. The minimum absolute atomic E-state index is 0. The van der Waals surface area contributed by atoms with E-state index in [2.05, 4.69) is 42.5 Å². The fourth-order valence-electron chi connectivity index (χ4n) is 12.2. The molecule has 5 heterocycles. The molecule has 9 rings (SSSR count). The Morgan fingerprint density at radius 3 is 1.02 bits per heavy atom. The third-order valence-corrected chi connectivity index (χ3v) is 14.4. The van der Waals surface area contributed by atoms with Gasteiger partial charge in [-0.15, -0.1) is 0 Å². The van der Waals surface area contributed by atoms with Crippen LogP contribution >= 0.6 is 0 Å². The van der Waals surface area contributed by atoms with Gasteiger partial charge in [-0.1, -0.05) is 44.9 Å². The number of hydrogen-bond donors (Lipinski definition) is 8. The van der Waals surface area contributed by atoms with Crippen molar-refractivity contribution >= 4 is 11.0 Å². The standard InChI is InChI=1S/C32H55N8O3S.Co.K.H/c41-44(42)43-23-15-7-14-22-24(23)32-39-30-21-13-6-5-12-20(21)28(37-30)35-26-17-9-2-1-8-16(17)25(33-26)34-27-18-10-3-4-11-19(18)29(36-27)38-31(22)40-32;;;/h16-40H,1-15H2;;;/q-1;;+1;-1. The molecule has 0 spiro atoms. The molecule has 9 fully saturated rings. The van der Waals surface area contributed by atoms with Crippen molar-refractivity contribution in [1.29, 1.82) is 0 Å². The molecule has 9 aliphatic rings. The zero-order valence-corrected chi connectivity index (χ0v) is 32.4. The van der Waals surface area contributed by atoms with Crippen LogP contribution in [0.2, 0.25) is 0 Å². The van der Waals surface area contributed by atoms with Gasteiger partial charge in [-0.2, -0.15) is 0 Å². The Morgan fingerprint density at radius 2 is 0.696 bits per heavy atom. The van der Waals surface area contributed by atoms with Gasteiger partial charge in [-0.3, -0.25) is 42.5 Å². The minimum atomic E-state index is -2.51. The molecule has 259 valence electrons. The van der Waals surface area contributed by atoms with Crippen molar-refractivity contribution in [3.8, 4) is 0 Å². The van der Waals surface area contributed by atoms with Gasteiger partial charge in [-0.05, 0) is 92.8 Å². The number of nitrogens with one attached hydrogen (secondary N) is 8. The molecule has 0 aromatic carbocycles. The summed E-state index contributed by atoms with van der Waals surface area (Å²) in [5, 5.41) is 32.9. The first-order valence-corrected chi connectivity index (χ1v) is 19.5. The molecule has 1 radical (unpaired) electrons. The van der Waals surface area contributed by atoms with Gasteiger partial charge in [0.15, 0.2) is 0 Å². The van der Waals surface area contributed by atoms with Crippen LogP contribution in [0.5, 0.6) is 0 Å². The van der Waals surface area contributed by atoms with E-state index in [1.54, 1.807) is 0 Å². The topological polar surface area (TPSA) is 140 Å². The quantitative estimate of drug-likeness (QED) is 0.130. The van der Waals surface area contributed by atoms with Crippen LogP contribution in [-0.4, -0.2) is 55.4 Å². The van der Waals surface area contributed by atoms with Gasteiger partial charge in [0.1, 0.15) is 0 Å². The third kappa shape index (κ3) is 6.72. The Labute approximate surface area is 331 Å². The van der Waals surface area contributed by atoms with Crippen LogP contribution < -0.4 is 93.9 Å². The molecular formula is C32H56CoKN8O3S-. The van der Waals surface area contributed by atoms with Crippen molar-refractivity contribution in [2.45, 2.75) is 152 Å². The molecule has 8 N–H and O–H groups in total. The first kappa shape index (κ1) is 36.1. The second kappa shape index (κ2) is 15.4. The maximum atomic E-state index is 11.8. The van der Waals surface area contributed by atoms with Gasteiger partial charge < -0.3 is 14.0 Å². The van der Waals surface area contributed by atoms with Crippen molar-refractivity contribution in [2.75, 3.05) is 0 Å². The zero-order valence-electron chi connectivity index (χ0n) is 28.4. The molecule has 14 heteroatoms. The van der Waals surface area contributed by atoms with Gasteiger partial charge in [0, 0.05) is 28.8 Å². The van der Waals surface area contributed by atoms with Crippen LogP contribution in [0.15, 0.2) is 0 Å². The normalized spacial score (nSPS) is 52.8. The second-order valence-corrected chi connectivity index (χ2v) is 16.6. The molecular weight excluding hydrogens is 675 g/mol. The first-order chi connectivity index (χ1) is 21.6. The van der Waals surface area contributed by atoms with E-state index in [9.17, 15) is 8.42 Å². The summed E-state index contributed by atoms with van der Waals surface area (Å²) >= 11 is 0. The Morgan fingerprint density at radius 1 is 0.413 bits per heavy atom. The second-order valence-electron chi connectivity index (χ2n) is 16.0. The molecule has 0 aromatic rings. The average Bonchev–Trinajstić information content (AvgIpc) is 3.77. The summed E-state index contributed by atoms with van der Waals surface area (Å²) in [5.74, 6) is 4.16. The Bertz CT molecular complexity index is 1140. The fraction of sp³-hybridized carbons (Fsp3) is 1.00. The van der Waals surface area contributed by atoms with Crippen molar-refractivity contribution < 1.29 is 82.2 Å². The molecule has 17 unspecified atom stereocenters. The monoisotopic (exact) mass is 730 g/mol. The van der Waals surface area contributed by atoms with E-state index in [1.807, 2.05) is 0 Å². The van der Waals surface area contributed by atoms with E-state index in [-0.39, 0.29) is 112 Å². The van der Waals surface area contributed by atoms with Crippen molar-refractivity contribution in [1.82, 2.24) is 42.5 Å². The fourth-order valence-corrected chi connectivity index (χ4v) is 12.6. The molecule has 4 saturated carbocycles. The average molecular weight is 731 g/mol. The van der Waals surface area contributed by atoms with Crippen LogP contribution in [0.25, 0.3) is 0 Å². The predicted molar refractivity (Wildman–Crippen MR) is 167 cm³/mol. The molecule has 0 amide bonds. The minimum Gasteiger partial charge on any atom is -1.00 e. The molecule has 17 atom stereocenters.